The summed E-state index contributed by atoms with van der Waals surface area (Å²) in [5.41, 5.74) is 0.330. The molecule has 0 aliphatic carbocycles. The zero-order valence-corrected chi connectivity index (χ0v) is 14.7. The minimum Gasteiger partial charge on any atom is -0.353 e. The highest BCUT2D eigenvalue weighted by Gasteiger charge is 2.16. The second kappa shape index (κ2) is 8.21. The van der Waals surface area contributed by atoms with Gasteiger partial charge >= 0.3 is 0 Å². The molecule has 0 fully saturated rings. The molecule has 128 valence electrons. The molecule has 7 heteroatoms. The summed E-state index contributed by atoms with van der Waals surface area (Å²) < 4.78 is 26.7. The van der Waals surface area contributed by atoms with E-state index in [0.717, 1.165) is 0 Å². The van der Waals surface area contributed by atoms with Crippen LogP contribution in [0.15, 0.2) is 29.2 Å². The van der Waals surface area contributed by atoms with E-state index in [-0.39, 0.29) is 35.6 Å². The lowest BCUT2D eigenvalue weighted by Crippen LogP contribution is -2.38. The van der Waals surface area contributed by atoms with Crippen LogP contribution in [-0.2, 0) is 14.8 Å². The van der Waals surface area contributed by atoms with Crippen LogP contribution in [0.25, 0.3) is 0 Å². The number of benzene rings is 1. The van der Waals surface area contributed by atoms with Gasteiger partial charge in [0.2, 0.25) is 15.9 Å². The number of Topliss-reactive ketones (excluding diaryl/α,β-unsaturated/α-hetero) is 1. The third-order valence-electron chi connectivity index (χ3n) is 3.58. The summed E-state index contributed by atoms with van der Waals surface area (Å²) in [5.74, 6) is -0.0968. The van der Waals surface area contributed by atoms with Gasteiger partial charge in [-0.2, -0.15) is 0 Å². The standard InChI is InChI=1S/C16H24N2O4S/c1-11(2)12(3)18-16(20)8-9-17-23(21,22)15-7-5-6-14(10-15)13(4)19/h5-7,10-12,17H,8-9H2,1-4H3,(H,18,20). The van der Waals surface area contributed by atoms with Gasteiger partial charge in [-0.1, -0.05) is 26.0 Å². The second-order valence-electron chi connectivity index (χ2n) is 5.83. The van der Waals surface area contributed by atoms with Crippen LogP contribution in [0.1, 0.15) is 44.5 Å². The molecule has 0 spiro atoms. The van der Waals surface area contributed by atoms with Crippen molar-refractivity contribution in [2.45, 2.75) is 45.1 Å². The number of ketones is 1. The first-order valence-corrected chi connectivity index (χ1v) is 9.02. The van der Waals surface area contributed by atoms with Gasteiger partial charge in [0.1, 0.15) is 0 Å². The van der Waals surface area contributed by atoms with Crippen LogP contribution < -0.4 is 10.0 Å². The molecular formula is C16H24N2O4S. The van der Waals surface area contributed by atoms with Gasteiger partial charge in [-0.25, -0.2) is 13.1 Å². The third-order valence-corrected chi connectivity index (χ3v) is 5.04. The average Bonchev–Trinajstić information content (AvgIpc) is 2.46. The van der Waals surface area contributed by atoms with Crippen molar-refractivity contribution >= 4 is 21.7 Å². The summed E-state index contributed by atoms with van der Waals surface area (Å²) in [6.07, 6.45) is 0.0582. The molecule has 1 aromatic carbocycles. The number of hydrogen-bond donors (Lipinski definition) is 2. The quantitative estimate of drug-likeness (QED) is 0.705. The molecule has 0 aliphatic rings. The van der Waals surface area contributed by atoms with E-state index in [1.807, 2.05) is 20.8 Å². The molecule has 6 nitrogen and oxygen atoms in total. The van der Waals surface area contributed by atoms with E-state index < -0.39 is 10.0 Å². The maximum Gasteiger partial charge on any atom is 0.240 e. The summed E-state index contributed by atoms with van der Waals surface area (Å²) in [7, 11) is -3.74. The topological polar surface area (TPSA) is 92.3 Å². The zero-order valence-electron chi connectivity index (χ0n) is 13.9. The van der Waals surface area contributed by atoms with E-state index in [0.29, 0.717) is 11.5 Å². The molecule has 1 atom stereocenters. The molecule has 23 heavy (non-hydrogen) atoms. The molecule has 0 aromatic heterocycles. The number of amides is 1. The van der Waals surface area contributed by atoms with E-state index in [1.54, 1.807) is 6.07 Å². The summed E-state index contributed by atoms with van der Waals surface area (Å²) >= 11 is 0. The summed E-state index contributed by atoms with van der Waals surface area (Å²) in [5, 5.41) is 2.81. The highest BCUT2D eigenvalue weighted by Crippen LogP contribution is 2.12. The Kier molecular flexibility index (Phi) is 6.90. The van der Waals surface area contributed by atoms with Crippen molar-refractivity contribution in [2.24, 2.45) is 5.92 Å². The Morgan fingerprint density at radius 3 is 2.39 bits per heavy atom. The molecule has 1 rings (SSSR count). The Morgan fingerprint density at radius 1 is 1.17 bits per heavy atom. The van der Waals surface area contributed by atoms with Crippen molar-refractivity contribution in [2.75, 3.05) is 6.54 Å². The van der Waals surface area contributed by atoms with E-state index in [1.165, 1.54) is 25.1 Å². The minimum absolute atomic E-state index is 0.00325. The predicted octanol–water partition coefficient (Wildman–Crippen LogP) is 1.72. The van der Waals surface area contributed by atoms with Crippen LogP contribution in [0.5, 0.6) is 0 Å². The van der Waals surface area contributed by atoms with Gasteiger partial charge in [-0.15, -0.1) is 0 Å². The fraction of sp³-hybridized carbons (Fsp3) is 0.500. The van der Waals surface area contributed by atoms with Gasteiger partial charge in [0.05, 0.1) is 4.90 Å². The normalized spacial score (nSPS) is 12.9. The molecule has 1 amide bonds. The molecule has 1 aromatic rings. The minimum atomic E-state index is -3.74. The van der Waals surface area contributed by atoms with E-state index in [9.17, 15) is 18.0 Å². The molecule has 0 radical (unpaired) electrons. The third kappa shape index (κ3) is 6.11. The van der Waals surface area contributed by atoms with Crippen molar-refractivity contribution in [1.82, 2.24) is 10.0 Å². The Balaban J connectivity index is 2.61. The molecule has 0 bridgehead atoms. The highest BCUT2D eigenvalue weighted by atomic mass is 32.2. The summed E-state index contributed by atoms with van der Waals surface area (Å²) in [6, 6.07) is 5.84. The lowest BCUT2D eigenvalue weighted by Gasteiger charge is -2.17. The van der Waals surface area contributed by atoms with E-state index >= 15 is 0 Å². The Bertz CT molecular complexity index is 668. The Labute approximate surface area is 137 Å². The predicted molar refractivity (Wildman–Crippen MR) is 88.7 cm³/mol. The monoisotopic (exact) mass is 340 g/mol. The summed E-state index contributed by atoms with van der Waals surface area (Å²) in [4.78, 5) is 23.1. The molecular weight excluding hydrogens is 316 g/mol. The zero-order chi connectivity index (χ0) is 17.6. The Hall–Kier alpha value is -1.73. The van der Waals surface area contributed by atoms with Crippen molar-refractivity contribution < 1.29 is 18.0 Å². The molecule has 0 saturated heterocycles. The van der Waals surface area contributed by atoms with Gasteiger partial charge in [0.15, 0.2) is 5.78 Å². The molecule has 1 unspecified atom stereocenters. The van der Waals surface area contributed by atoms with Crippen LogP contribution in [0, 0.1) is 5.92 Å². The van der Waals surface area contributed by atoms with Gasteiger partial charge in [-0.05, 0) is 31.9 Å². The van der Waals surface area contributed by atoms with E-state index in [4.69, 9.17) is 0 Å². The number of rotatable bonds is 8. The smallest absolute Gasteiger partial charge is 0.240 e. The second-order valence-corrected chi connectivity index (χ2v) is 7.60. The first-order chi connectivity index (χ1) is 10.6. The average molecular weight is 340 g/mol. The highest BCUT2D eigenvalue weighted by molar-refractivity contribution is 7.89. The first kappa shape index (κ1) is 19.3. The number of sulfonamides is 1. The lowest BCUT2D eigenvalue weighted by atomic mass is 10.1. The van der Waals surface area contributed by atoms with Crippen LogP contribution in [0.4, 0.5) is 0 Å². The SMILES string of the molecule is CC(=O)c1cccc(S(=O)(=O)NCCC(=O)NC(C)C(C)C)c1. The van der Waals surface area contributed by atoms with Crippen LogP contribution >= 0.6 is 0 Å². The maximum atomic E-state index is 12.2. The van der Waals surface area contributed by atoms with Crippen molar-refractivity contribution in [3.05, 3.63) is 29.8 Å². The van der Waals surface area contributed by atoms with Crippen LogP contribution in [0.3, 0.4) is 0 Å². The fourth-order valence-electron chi connectivity index (χ4n) is 1.76. The molecule has 0 heterocycles. The number of carbonyl (C=O) groups excluding carboxylic acids is 2. The number of nitrogens with one attached hydrogen (secondary N) is 2. The van der Waals surface area contributed by atoms with Gasteiger partial charge in [0, 0.05) is 24.6 Å². The van der Waals surface area contributed by atoms with Gasteiger partial charge in [0.25, 0.3) is 0 Å². The molecule has 0 saturated carbocycles. The van der Waals surface area contributed by atoms with Gasteiger partial charge < -0.3 is 5.32 Å². The number of hydrogen-bond acceptors (Lipinski definition) is 4. The van der Waals surface area contributed by atoms with Crippen LogP contribution in [-0.4, -0.2) is 32.7 Å². The maximum absolute atomic E-state index is 12.2. The lowest BCUT2D eigenvalue weighted by molar-refractivity contribution is -0.121. The first-order valence-electron chi connectivity index (χ1n) is 7.53. The summed E-state index contributed by atoms with van der Waals surface area (Å²) in [6.45, 7) is 7.27. The van der Waals surface area contributed by atoms with Crippen molar-refractivity contribution in [1.29, 1.82) is 0 Å². The van der Waals surface area contributed by atoms with Crippen LogP contribution in [0.2, 0.25) is 0 Å². The van der Waals surface area contributed by atoms with Crippen molar-refractivity contribution in [3.8, 4) is 0 Å². The number of carbonyl (C=O) groups is 2. The largest absolute Gasteiger partial charge is 0.353 e. The molecule has 2 N–H and O–H groups in total. The van der Waals surface area contributed by atoms with E-state index in [2.05, 4.69) is 10.0 Å². The fourth-order valence-corrected chi connectivity index (χ4v) is 2.83. The van der Waals surface area contributed by atoms with Gasteiger partial charge in [-0.3, -0.25) is 9.59 Å². The Morgan fingerprint density at radius 2 is 1.83 bits per heavy atom. The van der Waals surface area contributed by atoms with Crippen molar-refractivity contribution in [3.63, 3.8) is 0 Å². The molecule has 0 aliphatic heterocycles.